The van der Waals surface area contributed by atoms with Gasteiger partial charge in [0.2, 0.25) is 0 Å². The van der Waals surface area contributed by atoms with Crippen molar-refractivity contribution in [2.24, 2.45) is 0 Å². The van der Waals surface area contributed by atoms with Crippen molar-refractivity contribution in [1.29, 1.82) is 0 Å². The molecule has 0 unspecified atom stereocenters. The van der Waals surface area contributed by atoms with E-state index in [1.54, 1.807) is 24.6 Å². The molecule has 0 fully saturated rings. The topological polar surface area (TPSA) is 63.5 Å². The van der Waals surface area contributed by atoms with E-state index in [-0.39, 0.29) is 1.43 Å². The zero-order valence-electron chi connectivity index (χ0n) is 19.3. The predicted molar refractivity (Wildman–Crippen MR) is 125 cm³/mol. The number of rotatable bonds is 12. The molecule has 1 aromatic rings. The molecule has 0 aliphatic carbocycles. The van der Waals surface area contributed by atoms with E-state index in [1.165, 1.54) is 51.4 Å². The average molecular weight is 400 g/mol. The summed E-state index contributed by atoms with van der Waals surface area (Å²) in [6, 6.07) is 12.0. The molecule has 0 saturated heterocycles. The van der Waals surface area contributed by atoms with Gasteiger partial charge in [-0.3, -0.25) is 0 Å². The average Bonchev–Trinajstić information content (AvgIpc) is 2.68. The largest absolute Gasteiger partial charge is 1.00 e. The molecule has 0 bridgehead atoms. The normalized spacial score (nSPS) is 10.9. The number of hydrogen-bond donors (Lipinski definition) is 2. The van der Waals surface area contributed by atoms with Gasteiger partial charge in [-0.2, -0.15) is 0 Å². The van der Waals surface area contributed by atoms with Crippen molar-refractivity contribution in [3.8, 4) is 0 Å². The molecule has 1 rings (SSSR count). The molecule has 160 valence electrons. The van der Waals surface area contributed by atoms with Crippen molar-refractivity contribution in [3.05, 3.63) is 36.4 Å². The van der Waals surface area contributed by atoms with Gasteiger partial charge in [-0.15, -0.1) is 0 Å². The first-order valence-corrected chi connectivity index (χ1v) is 13.8. The van der Waals surface area contributed by atoms with Gasteiger partial charge in [0, 0.05) is 0 Å². The Bertz CT molecular complexity index is 316. The van der Waals surface area contributed by atoms with E-state index in [2.05, 4.69) is 27.7 Å². The van der Waals surface area contributed by atoms with Crippen LogP contribution in [0.15, 0.2) is 36.4 Å². The number of hydrogen-bond acceptors (Lipinski definition) is 3. The summed E-state index contributed by atoms with van der Waals surface area (Å²) >= 11 is 0. The molecule has 0 saturated carbocycles. The third kappa shape index (κ3) is 21.8. The van der Waals surface area contributed by atoms with Crippen molar-refractivity contribution < 1.29 is 16.5 Å². The molecular formula is C22H46BO3P. The Labute approximate surface area is 171 Å². The standard InChI is InChI=1S/C16H37P.C6H6.BH2O3/c1-5-9-13-17(14-10-6-2,15-11-7-3)16-12-8-4;1-2-4-6-5-3-1;2-1(3)4/h17H,5-16H2,1-4H3;1-6H;2-3H/q;;-1/p+1. The summed E-state index contributed by atoms with van der Waals surface area (Å²) in [6.45, 7) is 9.44. The van der Waals surface area contributed by atoms with Gasteiger partial charge in [0.1, 0.15) is 0 Å². The van der Waals surface area contributed by atoms with E-state index >= 15 is 0 Å². The number of unbranched alkanes of at least 4 members (excludes halogenated alkanes) is 4. The van der Waals surface area contributed by atoms with Gasteiger partial charge in [0.25, 0.3) is 0 Å². The third-order valence-corrected chi connectivity index (χ3v) is 10.6. The van der Waals surface area contributed by atoms with Gasteiger partial charge in [-0.05, 0) is 0 Å². The first-order chi connectivity index (χ1) is 13.0. The predicted octanol–water partition coefficient (Wildman–Crippen LogP) is 5.05. The van der Waals surface area contributed by atoms with Crippen LogP contribution in [-0.2, 0) is 0 Å². The minimum absolute atomic E-state index is 0. The molecule has 0 radical (unpaired) electrons. The quantitative estimate of drug-likeness (QED) is 0.381. The molecule has 0 atom stereocenters. The molecule has 0 heterocycles. The Morgan fingerprint density at radius 2 is 0.815 bits per heavy atom. The zero-order chi connectivity index (χ0) is 20.8. The number of benzene rings is 1. The monoisotopic (exact) mass is 400 g/mol. The summed E-state index contributed by atoms with van der Waals surface area (Å²) in [7, 11) is -3.30. The van der Waals surface area contributed by atoms with Gasteiger partial charge in [-0.25, -0.2) is 0 Å². The van der Waals surface area contributed by atoms with Crippen molar-refractivity contribution in [3.63, 3.8) is 0 Å². The Morgan fingerprint density at radius 3 is 0.963 bits per heavy atom. The maximum Gasteiger partial charge on any atom is 1.00 e. The molecule has 0 spiro atoms. The second-order valence-electron chi connectivity index (χ2n) is 7.40. The van der Waals surface area contributed by atoms with Crippen LogP contribution in [0, 0.1) is 0 Å². The van der Waals surface area contributed by atoms with E-state index in [1.807, 2.05) is 36.4 Å². The Morgan fingerprint density at radius 1 is 0.630 bits per heavy atom. The van der Waals surface area contributed by atoms with Crippen LogP contribution in [0.3, 0.4) is 0 Å². The summed E-state index contributed by atoms with van der Waals surface area (Å²) in [6.07, 6.45) is 18.1. The molecule has 0 aliphatic rings. The zero-order valence-corrected chi connectivity index (χ0v) is 19.3. The molecule has 0 amide bonds. The van der Waals surface area contributed by atoms with E-state index in [9.17, 15) is 0 Å². The second-order valence-corrected chi connectivity index (χ2v) is 12.4. The smallest absolute Gasteiger partial charge is 0.832 e. The van der Waals surface area contributed by atoms with Crippen molar-refractivity contribution in [2.45, 2.75) is 79.1 Å². The molecule has 27 heavy (non-hydrogen) atoms. The van der Waals surface area contributed by atoms with E-state index in [0.29, 0.717) is 0 Å². The molecule has 5 heteroatoms. The summed E-state index contributed by atoms with van der Waals surface area (Å²) < 4.78 is 0. The van der Waals surface area contributed by atoms with Crippen LogP contribution >= 0.6 is 7.26 Å². The van der Waals surface area contributed by atoms with E-state index < -0.39 is 14.6 Å². The molecule has 0 aliphatic heterocycles. The first-order valence-electron chi connectivity index (χ1n) is 11.0. The minimum Gasteiger partial charge on any atom is -0.832 e. The van der Waals surface area contributed by atoms with Gasteiger partial charge < -0.3 is 15.1 Å². The van der Waals surface area contributed by atoms with Crippen LogP contribution in [0.5, 0.6) is 0 Å². The summed E-state index contributed by atoms with van der Waals surface area (Å²) in [4.78, 5) is 0. The SMILES string of the molecule is CCCC[PH](CCCC)(CCCC)CCCC.[H+].[O-]B(O)O.c1ccccc1. The fraction of sp³-hybridized carbons (Fsp3) is 0.727. The van der Waals surface area contributed by atoms with Crippen LogP contribution in [0.2, 0.25) is 0 Å². The van der Waals surface area contributed by atoms with Gasteiger partial charge in [0.05, 0.1) is 0 Å². The van der Waals surface area contributed by atoms with Crippen molar-refractivity contribution in [1.82, 2.24) is 0 Å². The fourth-order valence-corrected chi connectivity index (χ4v) is 9.26. The molecule has 3 nitrogen and oxygen atoms in total. The van der Waals surface area contributed by atoms with Gasteiger partial charge in [-0.1, -0.05) is 36.4 Å². The van der Waals surface area contributed by atoms with Crippen molar-refractivity contribution >= 4 is 14.6 Å². The van der Waals surface area contributed by atoms with Crippen molar-refractivity contribution in [2.75, 3.05) is 24.6 Å². The Kier molecular flexibility index (Phi) is 23.4. The molecule has 1 aromatic carbocycles. The fourth-order valence-electron chi connectivity index (χ4n) is 3.34. The first kappa shape index (κ1) is 28.8. The van der Waals surface area contributed by atoms with Crippen LogP contribution in [0.25, 0.3) is 0 Å². The molecular weight excluding hydrogens is 354 g/mol. The van der Waals surface area contributed by atoms with E-state index in [4.69, 9.17) is 15.1 Å². The second kappa shape index (κ2) is 21.9. The summed E-state index contributed by atoms with van der Waals surface area (Å²) in [5.41, 5.74) is 0. The van der Waals surface area contributed by atoms with E-state index in [0.717, 1.165) is 0 Å². The molecule has 0 aromatic heterocycles. The van der Waals surface area contributed by atoms with Crippen LogP contribution in [0.4, 0.5) is 0 Å². The van der Waals surface area contributed by atoms with Gasteiger partial charge in [0.15, 0.2) is 0 Å². The van der Waals surface area contributed by atoms with Gasteiger partial charge >= 0.3 is 120 Å². The third-order valence-electron chi connectivity index (χ3n) is 4.91. The molecule has 2 N–H and O–H groups in total. The minimum atomic E-state index is -2.42. The van der Waals surface area contributed by atoms with Crippen LogP contribution in [0.1, 0.15) is 80.5 Å². The Hall–Kier alpha value is -0.405. The Balaban J connectivity index is -0.000000463. The maximum atomic E-state index is 8.64. The van der Waals surface area contributed by atoms with Crippen LogP contribution < -0.4 is 5.02 Å². The summed E-state index contributed by atoms with van der Waals surface area (Å²) in [5, 5.41) is 22.8. The summed E-state index contributed by atoms with van der Waals surface area (Å²) in [5.74, 6) is 0. The maximum absolute atomic E-state index is 8.64. The van der Waals surface area contributed by atoms with Crippen LogP contribution in [-0.4, -0.2) is 42.0 Å².